The van der Waals surface area contributed by atoms with Crippen LogP contribution in [0.1, 0.15) is 36.7 Å². The number of aromatic hydroxyl groups is 1. The molecular formula is C19H21BrClNO4. The van der Waals surface area contributed by atoms with E-state index < -0.39 is 11.6 Å². The van der Waals surface area contributed by atoms with Crippen LogP contribution in [0.15, 0.2) is 34.8 Å². The van der Waals surface area contributed by atoms with Gasteiger partial charge in [-0.25, -0.2) is 4.79 Å². The highest BCUT2D eigenvalue weighted by Crippen LogP contribution is 2.33. The number of hydrogen-bond acceptors (Lipinski definition) is 5. The number of phenols is 1. The maximum absolute atomic E-state index is 12.1. The van der Waals surface area contributed by atoms with E-state index in [-0.39, 0.29) is 11.3 Å². The molecule has 0 unspecified atom stereocenters. The van der Waals surface area contributed by atoms with Crippen LogP contribution in [0.25, 0.3) is 0 Å². The van der Waals surface area contributed by atoms with Gasteiger partial charge in [-0.2, -0.15) is 0 Å². The first-order chi connectivity index (χ1) is 12.1. The lowest BCUT2D eigenvalue weighted by Crippen LogP contribution is -2.23. The second-order valence-electron chi connectivity index (χ2n) is 6.67. The number of benzene rings is 2. The van der Waals surface area contributed by atoms with Crippen LogP contribution < -0.4 is 10.1 Å². The molecule has 26 heavy (non-hydrogen) atoms. The summed E-state index contributed by atoms with van der Waals surface area (Å²) in [6.07, 6.45) is 0. The van der Waals surface area contributed by atoms with Gasteiger partial charge in [0.2, 0.25) is 0 Å². The van der Waals surface area contributed by atoms with E-state index in [1.54, 1.807) is 40.0 Å². The van der Waals surface area contributed by atoms with E-state index in [9.17, 15) is 9.90 Å². The van der Waals surface area contributed by atoms with Gasteiger partial charge >= 0.3 is 5.97 Å². The van der Waals surface area contributed by atoms with Gasteiger partial charge in [0.15, 0.2) is 0 Å². The summed E-state index contributed by atoms with van der Waals surface area (Å²) >= 11 is 9.58. The predicted molar refractivity (Wildman–Crippen MR) is 106 cm³/mol. The Morgan fingerprint density at radius 3 is 2.54 bits per heavy atom. The number of anilines is 1. The monoisotopic (exact) mass is 441 g/mol. The Hall–Kier alpha value is -1.92. The zero-order valence-electron chi connectivity index (χ0n) is 15.0. The zero-order chi connectivity index (χ0) is 19.5. The lowest BCUT2D eigenvalue weighted by atomic mass is 10.1. The number of phenolic OH excluding ortho intramolecular Hbond substituents is 1. The van der Waals surface area contributed by atoms with Crippen molar-refractivity contribution >= 4 is 39.2 Å². The van der Waals surface area contributed by atoms with Crippen molar-refractivity contribution in [2.24, 2.45) is 0 Å². The molecule has 2 aromatic carbocycles. The molecule has 0 fully saturated rings. The number of hydrogen-bond donors (Lipinski definition) is 2. The molecule has 0 radical (unpaired) electrons. The van der Waals surface area contributed by atoms with E-state index in [0.29, 0.717) is 23.0 Å². The lowest BCUT2D eigenvalue weighted by Gasteiger charge is -2.20. The number of halogens is 2. The van der Waals surface area contributed by atoms with Crippen molar-refractivity contribution in [2.75, 3.05) is 12.4 Å². The molecule has 0 saturated carbocycles. The van der Waals surface area contributed by atoms with Crippen molar-refractivity contribution in [2.45, 2.75) is 32.9 Å². The summed E-state index contributed by atoms with van der Waals surface area (Å²) in [5, 5.41) is 13.8. The summed E-state index contributed by atoms with van der Waals surface area (Å²) in [7, 11) is 1.56. The van der Waals surface area contributed by atoms with Gasteiger partial charge < -0.3 is 19.9 Å². The molecule has 0 aliphatic carbocycles. The van der Waals surface area contributed by atoms with Crippen LogP contribution in [0.3, 0.4) is 0 Å². The number of methoxy groups -OCH3 is 1. The van der Waals surface area contributed by atoms with Crippen molar-refractivity contribution in [3.8, 4) is 11.5 Å². The number of carbonyl (C=O) groups is 1. The number of nitrogens with one attached hydrogen (secondary N) is 1. The molecule has 2 aromatic rings. The first-order valence-electron chi connectivity index (χ1n) is 7.93. The highest BCUT2D eigenvalue weighted by molar-refractivity contribution is 9.10. The van der Waals surface area contributed by atoms with Gasteiger partial charge in [0, 0.05) is 28.3 Å². The third-order valence-electron chi connectivity index (χ3n) is 3.39. The molecule has 140 valence electrons. The highest BCUT2D eigenvalue weighted by atomic mass is 79.9. The van der Waals surface area contributed by atoms with Crippen LogP contribution in [0.5, 0.6) is 11.5 Å². The Kier molecular flexibility index (Phi) is 6.42. The second kappa shape index (κ2) is 8.18. The van der Waals surface area contributed by atoms with Gasteiger partial charge in [-0.3, -0.25) is 0 Å². The summed E-state index contributed by atoms with van der Waals surface area (Å²) in [4.78, 5) is 12.1. The Labute approximate surface area is 166 Å². The molecular weight excluding hydrogens is 422 g/mol. The van der Waals surface area contributed by atoms with E-state index in [1.807, 2.05) is 6.07 Å². The zero-order valence-corrected chi connectivity index (χ0v) is 17.4. The molecule has 0 aliphatic heterocycles. The van der Waals surface area contributed by atoms with Crippen LogP contribution in [-0.4, -0.2) is 23.8 Å². The van der Waals surface area contributed by atoms with Gasteiger partial charge in [0.05, 0.1) is 12.1 Å². The molecule has 0 spiro atoms. The maximum Gasteiger partial charge on any atom is 0.342 e. The minimum absolute atomic E-state index is 0.119. The minimum Gasteiger partial charge on any atom is -0.507 e. The Balaban J connectivity index is 2.15. The largest absolute Gasteiger partial charge is 0.507 e. The molecule has 0 atom stereocenters. The van der Waals surface area contributed by atoms with E-state index in [1.165, 1.54) is 12.1 Å². The van der Waals surface area contributed by atoms with Gasteiger partial charge in [-0.15, -0.1) is 0 Å². The number of esters is 1. The minimum atomic E-state index is -0.628. The van der Waals surface area contributed by atoms with Gasteiger partial charge in [-0.05, 0) is 45.0 Å². The van der Waals surface area contributed by atoms with Crippen molar-refractivity contribution in [1.82, 2.24) is 0 Å². The van der Waals surface area contributed by atoms with Crippen molar-refractivity contribution in [3.05, 3.63) is 51.0 Å². The van der Waals surface area contributed by atoms with Crippen LogP contribution in [0.4, 0.5) is 5.69 Å². The van der Waals surface area contributed by atoms with Crippen LogP contribution in [0.2, 0.25) is 5.02 Å². The summed E-state index contributed by atoms with van der Waals surface area (Å²) in [6, 6.07) is 8.35. The first kappa shape index (κ1) is 20.4. The predicted octanol–water partition coefficient (Wildman–Crippen LogP) is 5.38. The fourth-order valence-electron chi connectivity index (χ4n) is 2.32. The Bertz CT molecular complexity index is 818. The summed E-state index contributed by atoms with van der Waals surface area (Å²) in [5.41, 5.74) is 0.987. The Morgan fingerprint density at radius 1 is 1.27 bits per heavy atom. The average Bonchev–Trinajstić information content (AvgIpc) is 2.50. The highest BCUT2D eigenvalue weighted by Gasteiger charge is 2.20. The van der Waals surface area contributed by atoms with Crippen molar-refractivity contribution in [3.63, 3.8) is 0 Å². The van der Waals surface area contributed by atoms with Gasteiger partial charge in [0.1, 0.15) is 22.7 Å². The van der Waals surface area contributed by atoms with E-state index in [2.05, 4.69) is 21.2 Å². The summed E-state index contributed by atoms with van der Waals surface area (Å²) in [5.74, 6) is -0.137. The molecule has 2 N–H and O–H groups in total. The third-order valence-corrected chi connectivity index (χ3v) is 4.13. The molecule has 2 rings (SSSR count). The molecule has 0 aromatic heterocycles. The van der Waals surface area contributed by atoms with Crippen molar-refractivity contribution < 1.29 is 19.4 Å². The normalized spacial score (nSPS) is 11.2. The van der Waals surface area contributed by atoms with E-state index >= 15 is 0 Å². The standard InChI is InChI=1S/C19H21BrClNO4/c1-19(2,3)26-18(24)14-6-5-13(9-16(14)23)22-10-11-7-12(20)8-15(21)17(11)25-4/h5-9,22-23H,10H2,1-4H3. The number of carbonyl (C=O) groups excluding carboxylic acids is 1. The quantitative estimate of drug-likeness (QED) is 0.608. The first-order valence-corrected chi connectivity index (χ1v) is 9.10. The van der Waals surface area contributed by atoms with Crippen LogP contribution >= 0.6 is 27.5 Å². The molecule has 0 amide bonds. The van der Waals surface area contributed by atoms with Crippen molar-refractivity contribution in [1.29, 1.82) is 0 Å². The number of rotatable bonds is 5. The van der Waals surface area contributed by atoms with Crippen LogP contribution in [0, 0.1) is 0 Å². The summed E-state index contributed by atoms with van der Waals surface area (Å²) in [6.45, 7) is 5.74. The lowest BCUT2D eigenvalue weighted by molar-refractivity contribution is 0.00669. The molecule has 0 saturated heterocycles. The van der Waals surface area contributed by atoms with Gasteiger partial charge in [-0.1, -0.05) is 27.5 Å². The van der Waals surface area contributed by atoms with Crippen LogP contribution in [-0.2, 0) is 11.3 Å². The number of ether oxygens (including phenoxy) is 2. The Morgan fingerprint density at radius 2 is 1.96 bits per heavy atom. The second-order valence-corrected chi connectivity index (χ2v) is 7.99. The van der Waals surface area contributed by atoms with E-state index in [4.69, 9.17) is 21.1 Å². The fourth-order valence-corrected chi connectivity index (χ4v) is 3.27. The molecule has 5 nitrogen and oxygen atoms in total. The van der Waals surface area contributed by atoms with Gasteiger partial charge in [0.25, 0.3) is 0 Å². The molecule has 0 aliphatic rings. The SMILES string of the molecule is COc1c(Cl)cc(Br)cc1CNc1ccc(C(=O)OC(C)(C)C)c(O)c1. The maximum atomic E-state index is 12.1. The summed E-state index contributed by atoms with van der Waals surface area (Å²) < 4.78 is 11.4. The van der Waals surface area contributed by atoms with E-state index in [0.717, 1.165) is 10.0 Å². The topological polar surface area (TPSA) is 67.8 Å². The third kappa shape index (κ3) is 5.29. The molecule has 0 heterocycles. The average molecular weight is 443 g/mol. The smallest absolute Gasteiger partial charge is 0.342 e. The molecule has 0 bridgehead atoms. The fraction of sp³-hybridized carbons (Fsp3) is 0.316. The molecule has 7 heteroatoms.